The Labute approximate surface area is 191 Å². The number of aromatic amines is 1. The summed E-state index contributed by atoms with van der Waals surface area (Å²) in [4.78, 5) is 28.8. The molecule has 0 radical (unpaired) electrons. The fraction of sp³-hybridized carbons (Fsp3) is 0.320. The lowest BCUT2D eigenvalue weighted by Gasteiger charge is -2.19. The molecule has 3 aromatic rings. The minimum atomic E-state index is -0.401. The molecule has 1 N–H and O–H groups in total. The van der Waals surface area contributed by atoms with Gasteiger partial charge < -0.3 is 14.5 Å². The molecule has 1 saturated heterocycles. The van der Waals surface area contributed by atoms with Crippen molar-refractivity contribution in [1.82, 2.24) is 20.0 Å². The van der Waals surface area contributed by atoms with Gasteiger partial charge in [-0.15, -0.1) is 0 Å². The van der Waals surface area contributed by atoms with Crippen molar-refractivity contribution in [2.45, 2.75) is 31.9 Å². The fourth-order valence-corrected chi connectivity index (χ4v) is 4.49. The van der Waals surface area contributed by atoms with Gasteiger partial charge in [0, 0.05) is 44.1 Å². The van der Waals surface area contributed by atoms with Gasteiger partial charge in [-0.1, -0.05) is 30.3 Å². The number of H-pyrrole nitrogens is 1. The summed E-state index contributed by atoms with van der Waals surface area (Å²) in [6.45, 7) is 2.45. The van der Waals surface area contributed by atoms with E-state index >= 15 is 0 Å². The monoisotopic (exact) mass is 448 g/mol. The third kappa shape index (κ3) is 4.46. The molecule has 0 spiro atoms. The second-order valence-electron chi connectivity index (χ2n) is 8.50. The molecule has 1 atom stereocenters. The van der Waals surface area contributed by atoms with E-state index in [2.05, 4.69) is 10.2 Å². The SMILES string of the molecule is O=C(CCN1Cc2ccccc2C1=O)N1CC[C@@H](c2cc(COc3ccccc3F)[nH]n2)C1. The highest BCUT2D eigenvalue weighted by Gasteiger charge is 2.31. The Morgan fingerprint density at radius 2 is 2.00 bits per heavy atom. The third-order valence-corrected chi connectivity index (χ3v) is 6.32. The Hall–Kier alpha value is -3.68. The van der Waals surface area contributed by atoms with Gasteiger partial charge in [0.15, 0.2) is 11.6 Å². The van der Waals surface area contributed by atoms with Gasteiger partial charge in [-0.3, -0.25) is 14.7 Å². The number of rotatable bonds is 7. The topological polar surface area (TPSA) is 78.5 Å². The second-order valence-corrected chi connectivity index (χ2v) is 8.50. The molecule has 0 bridgehead atoms. The summed E-state index contributed by atoms with van der Waals surface area (Å²) in [5.41, 5.74) is 3.39. The van der Waals surface area contributed by atoms with Gasteiger partial charge in [-0.25, -0.2) is 4.39 Å². The number of para-hydroxylation sites is 1. The number of aromatic nitrogens is 2. The van der Waals surface area contributed by atoms with E-state index < -0.39 is 5.82 Å². The quantitative estimate of drug-likeness (QED) is 0.600. The molecule has 2 amide bonds. The first-order valence-electron chi connectivity index (χ1n) is 11.1. The summed E-state index contributed by atoms with van der Waals surface area (Å²) in [5, 5.41) is 7.33. The lowest BCUT2D eigenvalue weighted by Crippen LogP contribution is -2.33. The van der Waals surface area contributed by atoms with E-state index in [-0.39, 0.29) is 30.1 Å². The first kappa shape index (κ1) is 21.2. The molecule has 0 unspecified atom stereocenters. The maximum absolute atomic E-state index is 13.7. The average Bonchev–Trinajstić information content (AvgIpc) is 3.56. The normalized spacial score (nSPS) is 17.5. The molecule has 2 aromatic carbocycles. The van der Waals surface area contributed by atoms with Gasteiger partial charge in [0.05, 0.1) is 11.4 Å². The summed E-state index contributed by atoms with van der Waals surface area (Å²) in [7, 11) is 0. The Balaban J connectivity index is 1.11. The van der Waals surface area contributed by atoms with Crippen molar-refractivity contribution < 1.29 is 18.7 Å². The number of hydrogen-bond acceptors (Lipinski definition) is 4. The molecular formula is C25H25FN4O3. The van der Waals surface area contributed by atoms with Gasteiger partial charge in [0.2, 0.25) is 5.91 Å². The summed E-state index contributed by atoms with van der Waals surface area (Å²) in [6, 6.07) is 15.8. The Morgan fingerprint density at radius 1 is 1.18 bits per heavy atom. The largest absolute Gasteiger partial charge is 0.484 e. The smallest absolute Gasteiger partial charge is 0.254 e. The highest BCUT2D eigenvalue weighted by Crippen LogP contribution is 2.28. The molecule has 170 valence electrons. The zero-order valence-corrected chi connectivity index (χ0v) is 18.2. The molecule has 33 heavy (non-hydrogen) atoms. The first-order chi connectivity index (χ1) is 16.1. The van der Waals surface area contributed by atoms with Crippen LogP contribution in [0.4, 0.5) is 4.39 Å². The standard InChI is InChI=1S/C25H25FN4O3/c26-21-7-3-4-8-23(21)33-16-19-13-22(28-27-19)18-9-11-29(15-18)24(31)10-12-30-14-17-5-1-2-6-20(17)25(30)32/h1-8,13,18H,9-12,14-16H2,(H,27,28)/t18-/m1/s1. The lowest BCUT2D eigenvalue weighted by molar-refractivity contribution is -0.130. The van der Waals surface area contributed by atoms with E-state index in [9.17, 15) is 14.0 Å². The van der Waals surface area contributed by atoms with Crippen molar-refractivity contribution in [3.8, 4) is 5.75 Å². The van der Waals surface area contributed by atoms with Gasteiger partial charge >= 0.3 is 0 Å². The molecule has 3 heterocycles. The Kier molecular flexibility index (Phi) is 5.81. The number of carbonyl (C=O) groups is 2. The predicted octanol–water partition coefficient (Wildman–Crippen LogP) is 3.49. The Bertz CT molecular complexity index is 1180. The first-order valence-corrected chi connectivity index (χ1v) is 11.1. The van der Waals surface area contributed by atoms with Gasteiger partial charge in [-0.05, 0) is 36.2 Å². The summed E-state index contributed by atoms with van der Waals surface area (Å²) in [6.07, 6.45) is 1.15. The van der Waals surface area contributed by atoms with Crippen LogP contribution < -0.4 is 4.74 Å². The van der Waals surface area contributed by atoms with Crippen LogP contribution in [0.1, 0.15) is 46.1 Å². The minimum Gasteiger partial charge on any atom is -0.484 e. The van der Waals surface area contributed by atoms with Crippen LogP contribution in [0.3, 0.4) is 0 Å². The molecule has 2 aliphatic rings. The third-order valence-electron chi connectivity index (χ3n) is 6.32. The molecule has 0 saturated carbocycles. The van der Waals surface area contributed by atoms with Crippen LogP contribution in [0.5, 0.6) is 5.75 Å². The van der Waals surface area contributed by atoms with E-state index in [1.165, 1.54) is 6.07 Å². The van der Waals surface area contributed by atoms with Crippen LogP contribution in [0, 0.1) is 5.82 Å². The summed E-state index contributed by atoms with van der Waals surface area (Å²) < 4.78 is 19.2. The molecular weight excluding hydrogens is 423 g/mol. The van der Waals surface area contributed by atoms with Crippen molar-refractivity contribution in [3.05, 3.63) is 82.9 Å². The number of nitrogens with one attached hydrogen (secondary N) is 1. The van der Waals surface area contributed by atoms with Crippen molar-refractivity contribution in [2.75, 3.05) is 19.6 Å². The van der Waals surface area contributed by atoms with Crippen LogP contribution >= 0.6 is 0 Å². The number of fused-ring (bicyclic) bond motifs is 1. The van der Waals surface area contributed by atoms with Crippen LogP contribution in [-0.4, -0.2) is 51.4 Å². The van der Waals surface area contributed by atoms with Crippen molar-refractivity contribution in [3.63, 3.8) is 0 Å². The maximum atomic E-state index is 13.7. The molecule has 8 heteroatoms. The molecule has 1 aromatic heterocycles. The zero-order valence-electron chi connectivity index (χ0n) is 18.2. The van der Waals surface area contributed by atoms with E-state index in [0.717, 1.165) is 28.9 Å². The minimum absolute atomic E-state index is 0.000599. The van der Waals surface area contributed by atoms with Gasteiger partial charge in [0.1, 0.15) is 6.61 Å². The highest BCUT2D eigenvalue weighted by molar-refractivity contribution is 5.98. The maximum Gasteiger partial charge on any atom is 0.254 e. The number of benzene rings is 2. The molecule has 5 rings (SSSR count). The average molecular weight is 448 g/mol. The number of hydrogen-bond donors (Lipinski definition) is 1. The van der Waals surface area contributed by atoms with Crippen molar-refractivity contribution in [2.24, 2.45) is 0 Å². The molecule has 7 nitrogen and oxygen atoms in total. The number of halogens is 1. The molecule has 2 aliphatic heterocycles. The van der Waals surface area contributed by atoms with Gasteiger partial charge in [-0.2, -0.15) is 5.10 Å². The van der Waals surface area contributed by atoms with Crippen LogP contribution in [0.2, 0.25) is 0 Å². The highest BCUT2D eigenvalue weighted by atomic mass is 19.1. The number of nitrogens with zero attached hydrogens (tertiary/aromatic N) is 3. The number of amides is 2. The fourth-order valence-electron chi connectivity index (χ4n) is 4.49. The van der Waals surface area contributed by atoms with Gasteiger partial charge in [0.25, 0.3) is 5.91 Å². The number of likely N-dealkylation sites (tertiary alicyclic amines) is 1. The second kappa shape index (κ2) is 9.05. The predicted molar refractivity (Wildman–Crippen MR) is 119 cm³/mol. The summed E-state index contributed by atoms with van der Waals surface area (Å²) in [5.74, 6) is -0.00287. The van der Waals surface area contributed by atoms with E-state index in [1.54, 1.807) is 23.1 Å². The molecule has 1 fully saturated rings. The van der Waals surface area contributed by atoms with E-state index in [1.807, 2.05) is 35.2 Å². The Morgan fingerprint density at radius 3 is 2.85 bits per heavy atom. The van der Waals surface area contributed by atoms with E-state index in [0.29, 0.717) is 32.6 Å². The molecule has 0 aliphatic carbocycles. The van der Waals surface area contributed by atoms with Crippen molar-refractivity contribution in [1.29, 1.82) is 0 Å². The lowest BCUT2D eigenvalue weighted by atomic mass is 10.1. The van der Waals surface area contributed by atoms with E-state index in [4.69, 9.17) is 4.74 Å². The summed E-state index contributed by atoms with van der Waals surface area (Å²) >= 11 is 0. The van der Waals surface area contributed by atoms with Crippen molar-refractivity contribution >= 4 is 11.8 Å². The number of carbonyl (C=O) groups excluding carboxylic acids is 2. The van der Waals surface area contributed by atoms with Crippen LogP contribution in [0.15, 0.2) is 54.6 Å². The zero-order chi connectivity index (χ0) is 22.8. The van der Waals surface area contributed by atoms with Crippen LogP contribution in [0.25, 0.3) is 0 Å². The number of ether oxygens (including phenoxy) is 1. The van der Waals surface area contributed by atoms with Crippen LogP contribution in [-0.2, 0) is 17.9 Å².